The van der Waals surface area contributed by atoms with Crippen LogP contribution in [0.2, 0.25) is 0 Å². The number of hydrogen-bond acceptors (Lipinski definition) is 3. The third-order valence-electron chi connectivity index (χ3n) is 2.28. The number of thiophene rings is 1. The maximum absolute atomic E-state index is 10.8. The minimum Gasteiger partial charge on any atom is -0.506 e. The number of carbonyl (C=O) groups excluding carboxylic acids is 1. The second-order valence-electron chi connectivity index (χ2n) is 3.15. The van der Waals surface area contributed by atoms with E-state index in [9.17, 15) is 9.90 Å². The predicted molar refractivity (Wildman–Crippen MR) is 58.3 cm³/mol. The quantitative estimate of drug-likeness (QED) is 0.767. The lowest BCUT2D eigenvalue weighted by atomic mass is 10.1. The van der Waals surface area contributed by atoms with Gasteiger partial charge in [0.2, 0.25) is 0 Å². The van der Waals surface area contributed by atoms with Gasteiger partial charge in [-0.05, 0) is 24.1 Å². The first-order chi connectivity index (χ1) is 6.76. The number of carbonyl (C=O) groups is 1. The van der Waals surface area contributed by atoms with Gasteiger partial charge < -0.3 is 5.11 Å². The van der Waals surface area contributed by atoms with E-state index in [2.05, 4.69) is 0 Å². The molecule has 0 saturated heterocycles. The molecule has 1 N–H and O–H groups in total. The second-order valence-corrected chi connectivity index (χ2v) is 4.06. The van der Waals surface area contributed by atoms with E-state index in [1.165, 1.54) is 11.3 Å². The van der Waals surface area contributed by atoms with Crippen LogP contribution in [0.1, 0.15) is 22.8 Å². The van der Waals surface area contributed by atoms with Crippen molar-refractivity contribution in [2.45, 2.75) is 13.3 Å². The maximum Gasteiger partial charge on any atom is 0.150 e. The summed E-state index contributed by atoms with van der Waals surface area (Å²) in [7, 11) is 0. The molecular formula is C11H10O2S. The van der Waals surface area contributed by atoms with Crippen LogP contribution >= 0.6 is 11.3 Å². The average Bonchev–Trinajstić information content (AvgIpc) is 2.59. The lowest BCUT2D eigenvalue weighted by molar-refractivity contribution is 0.112. The highest BCUT2D eigenvalue weighted by molar-refractivity contribution is 7.17. The summed E-state index contributed by atoms with van der Waals surface area (Å²) >= 11 is 1.46. The molecule has 0 radical (unpaired) electrons. The molecule has 0 saturated carbocycles. The molecule has 14 heavy (non-hydrogen) atoms. The molecule has 0 spiro atoms. The molecule has 3 heteroatoms. The van der Waals surface area contributed by atoms with Crippen LogP contribution < -0.4 is 0 Å². The zero-order valence-electron chi connectivity index (χ0n) is 7.78. The molecule has 2 rings (SSSR count). The van der Waals surface area contributed by atoms with Gasteiger partial charge in [-0.25, -0.2) is 0 Å². The van der Waals surface area contributed by atoms with E-state index >= 15 is 0 Å². The van der Waals surface area contributed by atoms with Crippen molar-refractivity contribution in [1.82, 2.24) is 0 Å². The van der Waals surface area contributed by atoms with Crippen LogP contribution in [0.15, 0.2) is 17.5 Å². The first-order valence-corrected chi connectivity index (χ1v) is 5.32. The van der Waals surface area contributed by atoms with Crippen LogP contribution in [0.5, 0.6) is 5.75 Å². The summed E-state index contributed by atoms with van der Waals surface area (Å²) in [5.41, 5.74) is 1.71. The Morgan fingerprint density at radius 3 is 2.93 bits per heavy atom. The van der Waals surface area contributed by atoms with E-state index in [1.54, 1.807) is 5.38 Å². The van der Waals surface area contributed by atoms with Crippen LogP contribution in [-0.2, 0) is 6.42 Å². The molecular weight excluding hydrogens is 196 g/mol. The highest BCUT2D eigenvalue weighted by Crippen LogP contribution is 2.34. The van der Waals surface area contributed by atoms with E-state index in [-0.39, 0.29) is 5.75 Å². The Kier molecular flexibility index (Phi) is 2.25. The van der Waals surface area contributed by atoms with Crippen LogP contribution in [0.3, 0.4) is 0 Å². The van der Waals surface area contributed by atoms with Gasteiger partial charge in [-0.1, -0.05) is 6.92 Å². The Bertz CT molecular complexity index is 485. The molecule has 0 unspecified atom stereocenters. The summed E-state index contributed by atoms with van der Waals surface area (Å²) in [4.78, 5) is 10.8. The highest BCUT2D eigenvalue weighted by Gasteiger charge is 2.08. The molecule has 2 nitrogen and oxygen atoms in total. The fourth-order valence-electron chi connectivity index (χ4n) is 1.54. The number of aryl methyl sites for hydroxylation is 1. The summed E-state index contributed by atoms with van der Waals surface area (Å²) in [5.74, 6) is 0.203. The van der Waals surface area contributed by atoms with Crippen molar-refractivity contribution < 1.29 is 9.90 Å². The van der Waals surface area contributed by atoms with Gasteiger partial charge in [0.05, 0.1) is 0 Å². The number of hydrogen-bond donors (Lipinski definition) is 1. The van der Waals surface area contributed by atoms with Gasteiger partial charge in [0.25, 0.3) is 0 Å². The van der Waals surface area contributed by atoms with Gasteiger partial charge >= 0.3 is 0 Å². The van der Waals surface area contributed by atoms with Crippen molar-refractivity contribution in [3.8, 4) is 5.75 Å². The molecule has 0 aliphatic carbocycles. The monoisotopic (exact) mass is 206 g/mol. The Morgan fingerprint density at radius 1 is 1.50 bits per heavy atom. The average molecular weight is 206 g/mol. The molecule has 0 aliphatic rings. The highest BCUT2D eigenvalue weighted by atomic mass is 32.1. The normalized spacial score (nSPS) is 10.6. The molecule has 0 bridgehead atoms. The second kappa shape index (κ2) is 3.42. The fourth-order valence-corrected chi connectivity index (χ4v) is 2.45. The van der Waals surface area contributed by atoms with Gasteiger partial charge in [0, 0.05) is 21.0 Å². The van der Waals surface area contributed by atoms with Gasteiger partial charge in [-0.2, -0.15) is 0 Å². The smallest absolute Gasteiger partial charge is 0.150 e. The first-order valence-electron chi connectivity index (χ1n) is 4.44. The Hall–Kier alpha value is -1.35. The minimum atomic E-state index is 0.203. The van der Waals surface area contributed by atoms with Gasteiger partial charge in [0.1, 0.15) is 5.75 Å². The molecule has 1 aromatic carbocycles. The molecule has 0 amide bonds. The Labute approximate surface area is 85.8 Å². The number of benzene rings is 1. The zero-order chi connectivity index (χ0) is 10.1. The number of fused-ring (bicyclic) bond motifs is 1. The minimum absolute atomic E-state index is 0.203. The van der Waals surface area contributed by atoms with Crippen molar-refractivity contribution in [2.24, 2.45) is 0 Å². The van der Waals surface area contributed by atoms with E-state index in [1.807, 2.05) is 19.1 Å². The van der Waals surface area contributed by atoms with Crippen molar-refractivity contribution in [1.29, 1.82) is 0 Å². The summed E-state index contributed by atoms with van der Waals surface area (Å²) in [6, 6.07) is 3.86. The van der Waals surface area contributed by atoms with Crippen LogP contribution in [0.4, 0.5) is 0 Å². The molecule has 0 fully saturated rings. The van der Waals surface area contributed by atoms with Crippen molar-refractivity contribution in [3.05, 3.63) is 28.6 Å². The number of aromatic hydroxyl groups is 1. The summed E-state index contributed by atoms with van der Waals surface area (Å²) < 4.78 is 0.976. The van der Waals surface area contributed by atoms with Crippen molar-refractivity contribution in [3.63, 3.8) is 0 Å². The number of rotatable bonds is 2. The lowest BCUT2D eigenvalue weighted by Gasteiger charge is -2.00. The summed E-state index contributed by atoms with van der Waals surface area (Å²) in [5, 5.41) is 11.9. The molecule has 1 heterocycles. The maximum atomic E-state index is 10.8. The van der Waals surface area contributed by atoms with Gasteiger partial charge in [-0.3, -0.25) is 4.79 Å². The standard InChI is InChI=1S/C11H10O2S/c1-2-7-3-8(5-12)11-9(13)6-14-10(11)4-7/h3-6,13H,2H2,1H3. The summed E-state index contributed by atoms with van der Waals surface area (Å²) in [6.07, 6.45) is 1.70. The Morgan fingerprint density at radius 2 is 2.29 bits per heavy atom. The third kappa shape index (κ3) is 1.30. The zero-order valence-corrected chi connectivity index (χ0v) is 8.60. The molecule has 1 aromatic heterocycles. The molecule has 0 aliphatic heterocycles. The predicted octanol–water partition coefficient (Wildman–Crippen LogP) is 2.98. The molecule has 2 aromatic rings. The van der Waals surface area contributed by atoms with Crippen molar-refractivity contribution in [2.75, 3.05) is 0 Å². The van der Waals surface area contributed by atoms with Gasteiger partial charge in [0.15, 0.2) is 6.29 Å². The van der Waals surface area contributed by atoms with E-state index < -0.39 is 0 Å². The molecule has 72 valence electrons. The topological polar surface area (TPSA) is 37.3 Å². The van der Waals surface area contributed by atoms with Crippen LogP contribution in [-0.4, -0.2) is 11.4 Å². The largest absolute Gasteiger partial charge is 0.506 e. The van der Waals surface area contributed by atoms with E-state index in [4.69, 9.17) is 0 Å². The first kappa shape index (κ1) is 9.21. The molecule has 0 atom stereocenters. The Balaban J connectivity index is 2.82. The SMILES string of the molecule is CCc1cc(C=O)c2c(O)csc2c1. The van der Waals surface area contributed by atoms with E-state index in [0.717, 1.165) is 23.0 Å². The number of aldehydes is 1. The van der Waals surface area contributed by atoms with Crippen LogP contribution in [0.25, 0.3) is 10.1 Å². The van der Waals surface area contributed by atoms with Crippen LogP contribution in [0, 0.1) is 0 Å². The summed E-state index contributed by atoms with van der Waals surface area (Å²) in [6.45, 7) is 2.04. The van der Waals surface area contributed by atoms with E-state index in [0.29, 0.717) is 10.9 Å². The fraction of sp³-hybridized carbons (Fsp3) is 0.182. The van der Waals surface area contributed by atoms with Gasteiger partial charge in [-0.15, -0.1) is 11.3 Å². The van der Waals surface area contributed by atoms with Crippen molar-refractivity contribution >= 4 is 27.7 Å². The third-order valence-corrected chi connectivity index (χ3v) is 3.20. The lowest BCUT2D eigenvalue weighted by Crippen LogP contribution is -1.86.